The third-order valence-electron chi connectivity index (χ3n) is 6.72. The molecular weight excluding hydrogens is 424 g/mol. The van der Waals surface area contributed by atoms with Crippen molar-refractivity contribution in [1.82, 2.24) is 9.80 Å². The first kappa shape index (κ1) is 21.9. The highest BCUT2D eigenvalue weighted by Gasteiger charge is 2.54. The smallest absolute Gasteiger partial charge is 0.242 e. The van der Waals surface area contributed by atoms with Gasteiger partial charge in [-0.3, -0.25) is 9.59 Å². The van der Waals surface area contributed by atoms with Gasteiger partial charge in [0.15, 0.2) is 0 Å². The molecule has 0 radical (unpaired) electrons. The third kappa shape index (κ3) is 4.33. The lowest BCUT2D eigenvalue weighted by Crippen LogP contribution is -2.73. The first-order valence-electron chi connectivity index (χ1n) is 11.5. The van der Waals surface area contributed by atoms with Crippen LogP contribution in [-0.2, 0) is 16.0 Å². The normalized spacial score (nSPS) is 21.2. The molecule has 5 nitrogen and oxygen atoms in total. The van der Waals surface area contributed by atoms with E-state index >= 15 is 0 Å². The van der Waals surface area contributed by atoms with Gasteiger partial charge in [-0.05, 0) is 35.4 Å². The number of hydrogen-bond acceptors (Lipinski definition) is 3. The van der Waals surface area contributed by atoms with Gasteiger partial charge in [0.05, 0.1) is 31.7 Å². The molecule has 0 bridgehead atoms. The Hall–Kier alpha value is -3.88. The van der Waals surface area contributed by atoms with Crippen LogP contribution in [0.15, 0.2) is 84.9 Å². The van der Waals surface area contributed by atoms with E-state index in [1.54, 1.807) is 9.80 Å². The molecular formula is C29H26N2O3. The highest BCUT2D eigenvalue weighted by atomic mass is 16.3. The average molecular weight is 451 g/mol. The van der Waals surface area contributed by atoms with Crippen LogP contribution in [0.1, 0.15) is 28.2 Å². The number of carbonyl (C=O) groups excluding carboxylic acids is 2. The summed E-state index contributed by atoms with van der Waals surface area (Å²) >= 11 is 0. The van der Waals surface area contributed by atoms with Crippen LogP contribution in [0.5, 0.6) is 0 Å². The highest BCUT2D eigenvalue weighted by molar-refractivity contribution is 5.88. The monoisotopic (exact) mass is 450 g/mol. The van der Waals surface area contributed by atoms with Crippen LogP contribution >= 0.6 is 0 Å². The number of piperazine rings is 1. The Balaban J connectivity index is 1.31. The van der Waals surface area contributed by atoms with E-state index in [2.05, 4.69) is 11.8 Å². The Morgan fingerprint density at radius 1 is 0.882 bits per heavy atom. The molecule has 2 aliphatic rings. The summed E-state index contributed by atoms with van der Waals surface area (Å²) in [7, 11) is 0. The Morgan fingerprint density at radius 2 is 1.50 bits per heavy atom. The van der Waals surface area contributed by atoms with E-state index in [1.807, 2.05) is 84.9 Å². The first-order valence-corrected chi connectivity index (χ1v) is 11.5. The fourth-order valence-electron chi connectivity index (χ4n) is 5.03. The van der Waals surface area contributed by atoms with Crippen LogP contribution < -0.4 is 0 Å². The summed E-state index contributed by atoms with van der Waals surface area (Å²) in [4.78, 5) is 29.2. The van der Waals surface area contributed by atoms with E-state index in [9.17, 15) is 14.7 Å². The lowest BCUT2D eigenvalue weighted by atomic mass is 9.73. The number of benzene rings is 3. The van der Waals surface area contributed by atoms with Crippen LogP contribution in [-0.4, -0.2) is 58.5 Å². The summed E-state index contributed by atoms with van der Waals surface area (Å²) in [5, 5.41) is 10.0. The molecule has 0 unspecified atom stereocenters. The molecule has 5 rings (SSSR count). The van der Waals surface area contributed by atoms with Gasteiger partial charge in [0.25, 0.3) is 0 Å². The fraction of sp³-hybridized carbons (Fsp3) is 0.241. The van der Waals surface area contributed by atoms with Crippen molar-refractivity contribution in [1.29, 1.82) is 0 Å². The standard InChI is InChI=1S/C29H26N2O3/c32-20-26-29(24-15-13-22(14-16-24)12-11-21-7-3-1-4-8-21)25-18-30(19-28(34)31(25)26)27(33)17-23-9-5-2-6-10-23/h1-10,13-16,25-26,29,32H,17-20H2/t25-,26-,29-/m1/s1. The molecule has 5 heteroatoms. The lowest BCUT2D eigenvalue weighted by molar-refractivity contribution is -0.166. The van der Waals surface area contributed by atoms with Crippen LogP contribution in [0, 0.1) is 11.8 Å². The molecule has 0 spiro atoms. The van der Waals surface area contributed by atoms with Crippen molar-refractivity contribution >= 4 is 11.8 Å². The van der Waals surface area contributed by atoms with E-state index in [1.165, 1.54) is 0 Å². The van der Waals surface area contributed by atoms with Gasteiger partial charge >= 0.3 is 0 Å². The van der Waals surface area contributed by atoms with Gasteiger partial charge in [-0.25, -0.2) is 0 Å². The number of rotatable bonds is 4. The Morgan fingerprint density at radius 3 is 2.15 bits per heavy atom. The first-order chi connectivity index (χ1) is 16.6. The largest absolute Gasteiger partial charge is 0.394 e. The van der Waals surface area contributed by atoms with Crippen molar-refractivity contribution in [3.8, 4) is 11.8 Å². The quantitative estimate of drug-likeness (QED) is 0.622. The van der Waals surface area contributed by atoms with Gasteiger partial charge in [0, 0.05) is 23.6 Å². The van der Waals surface area contributed by atoms with Crippen molar-refractivity contribution in [2.45, 2.75) is 24.4 Å². The van der Waals surface area contributed by atoms with Gasteiger partial charge in [-0.15, -0.1) is 0 Å². The number of aliphatic hydroxyl groups excluding tert-OH is 1. The molecule has 3 atom stereocenters. The highest BCUT2D eigenvalue weighted by Crippen LogP contribution is 2.43. The second-order valence-electron chi connectivity index (χ2n) is 8.82. The maximum atomic E-state index is 12.9. The number of carbonyl (C=O) groups is 2. The maximum absolute atomic E-state index is 12.9. The van der Waals surface area contributed by atoms with Crippen molar-refractivity contribution in [2.75, 3.05) is 19.7 Å². The molecule has 34 heavy (non-hydrogen) atoms. The third-order valence-corrected chi connectivity index (χ3v) is 6.72. The van der Waals surface area contributed by atoms with E-state index < -0.39 is 0 Å². The molecule has 170 valence electrons. The summed E-state index contributed by atoms with van der Waals surface area (Å²) in [5.41, 5.74) is 3.86. The Kier molecular flexibility index (Phi) is 6.16. The zero-order valence-electron chi connectivity index (χ0n) is 18.8. The molecule has 2 saturated heterocycles. The zero-order valence-corrected chi connectivity index (χ0v) is 18.8. The minimum atomic E-state index is -0.259. The van der Waals surface area contributed by atoms with Crippen LogP contribution in [0.2, 0.25) is 0 Å². The summed E-state index contributed by atoms with van der Waals surface area (Å²) in [5.74, 6) is 6.18. The van der Waals surface area contributed by atoms with Crippen molar-refractivity contribution in [2.24, 2.45) is 0 Å². The molecule has 2 amide bonds. The van der Waals surface area contributed by atoms with E-state index in [-0.39, 0.29) is 49.4 Å². The molecule has 0 aromatic heterocycles. The molecule has 3 aromatic carbocycles. The maximum Gasteiger partial charge on any atom is 0.242 e. The van der Waals surface area contributed by atoms with E-state index in [0.29, 0.717) is 6.54 Å². The van der Waals surface area contributed by atoms with Gasteiger partial charge in [0.1, 0.15) is 0 Å². The van der Waals surface area contributed by atoms with Gasteiger partial charge < -0.3 is 14.9 Å². The fourth-order valence-corrected chi connectivity index (χ4v) is 5.03. The molecule has 0 aliphatic carbocycles. The summed E-state index contributed by atoms with van der Waals surface area (Å²) in [6, 6.07) is 27.0. The van der Waals surface area contributed by atoms with Crippen LogP contribution in [0.4, 0.5) is 0 Å². The Labute approximate surface area is 199 Å². The summed E-state index contributed by atoms with van der Waals surface area (Å²) < 4.78 is 0. The number of nitrogens with zero attached hydrogens (tertiary/aromatic N) is 2. The van der Waals surface area contributed by atoms with Crippen molar-refractivity contribution < 1.29 is 14.7 Å². The van der Waals surface area contributed by atoms with Gasteiger partial charge in [-0.1, -0.05) is 72.5 Å². The minimum Gasteiger partial charge on any atom is -0.394 e. The molecule has 1 N–H and O–H groups in total. The lowest BCUT2D eigenvalue weighted by Gasteiger charge is -2.58. The number of amides is 2. The van der Waals surface area contributed by atoms with Crippen LogP contribution in [0.25, 0.3) is 0 Å². The Bertz CT molecular complexity index is 1230. The number of hydrogen-bond donors (Lipinski definition) is 1. The van der Waals surface area contributed by atoms with Crippen molar-refractivity contribution in [3.63, 3.8) is 0 Å². The number of aliphatic hydroxyl groups is 1. The van der Waals surface area contributed by atoms with Gasteiger partial charge in [-0.2, -0.15) is 0 Å². The molecule has 2 heterocycles. The van der Waals surface area contributed by atoms with E-state index in [0.717, 1.165) is 22.3 Å². The summed E-state index contributed by atoms with van der Waals surface area (Å²) in [6.45, 7) is 0.452. The topological polar surface area (TPSA) is 60.9 Å². The zero-order chi connectivity index (χ0) is 23.5. The molecule has 3 aromatic rings. The minimum absolute atomic E-state index is 0.0163. The predicted octanol–water partition coefficient (Wildman–Crippen LogP) is 2.83. The van der Waals surface area contributed by atoms with Crippen LogP contribution in [0.3, 0.4) is 0 Å². The van der Waals surface area contributed by atoms with Gasteiger partial charge in [0.2, 0.25) is 11.8 Å². The molecule has 2 aliphatic heterocycles. The molecule has 2 fully saturated rings. The summed E-state index contributed by atoms with van der Waals surface area (Å²) in [6.07, 6.45) is 0.281. The second-order valence-corrected chi connectivity index (χ2v) is 8.82. The van der Waals surface area contributed by atoms with E-state index in [4.69, 9.17) is 0 Å². The van der Waals surface area contributed by atoms with Crippen molar-refractivity contribution in [3.05, 3.63) is 107 Å². The number of fused-ring (bicyclic) bond motifs is 1. The predicted molar refractivity (Wildman–Crippen MR) is 130 cm³/mol. The average Bonchev–Trinajstić information content (AvgIpc) is 2.86. The SMILES string of the molecule is O=C(Cc1ccccc1)N1CC(=O)N2[C@H](CO)[C@H](c3ccc(C#Cc4ccccc4)cc3)[C@H]2C1. The second kappa shape index (κ2) is 9.54. The molecule has 0 saturated carbocycles.